The summed E-state index contributed by atoms with van der Waals surface area (Å²) in [5, 5.41) is 3.62. The van der Waals surface area contributed by atoms with Crippen LogP contribution in [0.1, 0.15) is 45.7 Å². The molecule has 1 nitrogen and oxygen atoms in total. The van der Waals surface area contributed by atoms with Crippen LogP contribution in [0.15, 0.2) is 30.3 Å². The SMILES string of the molecule is CC[C@@H](NC(C)(C)C)c1ccccc1. The number of nitrogens with one attached hydrogen (secondary N) is 1. The Morgan fingerprint density at radius 3 is 2.14 bits per heavy atom. The molecule has 0 aliphatic carbocycles. The van der Waals surface area contributed by atoms with Crippen molar-refractivity contribution in [3.63, 3.8) is 0 Å². The molecule has 1 aromatic rings. The van der Waals surface area contributed by atoms with E-state index in [1.807, 2.05) is 0 Å². The molecule has 1 rings (SSSR count). The van der Waals surface area contributed by atoms with Crippen molar-refractivity contribution in [1.29, 1.82) is 0 Å². The Balaban J connectivity index is 2.73. The van der Waals surface area contributed by atoms with Crippen molar-refractivity contribution >= 4 is 0 Å². The second kappa shape index (κ2) is 4.61. The normalized spacial score (nSPS) is 14.0. The Kier molecular flexibility index (Phi) is 3.70. The molecule has 14 heavy (non-hydrogen) atoms. The van der Waals surface area contributed by atoms with E-state index in [1.165, 1.54) is 5.56 Å². The zero-order chi connectivity index (χ0) is 10.6. The van der Waals surface area contributed by atoms with E-state index in [0.717, 1.165) is 6.42 Å². The van der Waals surface area contributed by atoms with Crippen LogP contribution in [0.2, 0.25) is 0 Å². The summed E-state index contributed by atoms with van der Waals surface area (Å²) >= 11 is 0. The van der Waals surface area contributed by atoms with Gasteiger partial charge < -0.3 is 5.32 Å². The van der Waals surface area contributed by atoms with E-state index in [1.54, 1.807) is 0 Å². The summed E-state index contributed by atoms with van der Waals surface area (Å²) in [6, 6.07) is 11.1. The molecule has 0 heterocycles. The van der Waals surface area contributed by atoms with Gasteiger partial charge in [-0.3, -0.25) is 0 Å². The minimum absolute atomic E-state index is 0.177. The van der Waals surface area contributed by atoms with Crippen molar-refractivity contribution in [2.45, 2.75) is 45.7 Å². The van der Waals surface area contributed by atoms with Crippen LogP contribution < -0.4 is 5.32 Å². The second-order valence-corrected chi connectivity index (χ2v) is 4.77. The fourth-order valence-corrected chi connectivity index (χ4v) is 1.63. The highest BCUT2D eigenvalue weighted by atomic mass is 15.0. The lowest BCUT2D eigenvalue weighted by Gasteiger charge is -2.28. The third-order valence-electron chi connectivity index (χ3n) is 2.22. The Labute approximate surface area is 87.5 Å². The molecule has 0 spiro atoms. The van der Waals surface area contributed by atoms with Gasteiger partial charge >= 0.3 is 0 Å². The van der Waals surface area contributed by atoms with Gasteiger partial charge in [0.1, 0.15) is 0 Å². The lowest BCUT2D eigenvalue weighted by molar-refractivity contribution is 0.357. The van der Waals surface area contributed by atoms with E-state index in [2.05, 4.69) is 63.3 Å². The number of rotatable bonds is 3. The highest BCUT2D eigenvalue weighted by Crippen LogP contribution is 2.19. The molecule has 0 aliphatic rings. The highest BCUT2D eigenvalue weighted by molar-refractivity contribution is 5.19. The standard InChI is InChI=1S/C13H21N/c1-5-12(14-13(2,3)4)11-9-7-6-8-10-11/h6-10,12,14H,5H2,1-4H3/t12-/m1/s1. The van der Waals surface area contributed by atoms with Crippen molar-refractivity contribution in [1.82, 2.24) is 5.32 Å². The molecule has 1 aromatic carbocycles. The zero-order valence-electron chi connectivity index (χ0n) is 9.67. The molecule has 1 heteroatoms. The fraction of sp³-hybridized carbons (Fsp3) is 0.538. The lowest BCUT2D eigenvalue weighted by atomic mass is 10.00. The number of hydrogen-bond donors (Lipinski definition) is 1. The molecule has 0 bridgehead atoms. The Bertz CT molecular complexity index is 258. The van der Waals surface area contributed by atoms with Crippen molar-refractivity contribution in [3.8, 4) is 0 Å². The van der Waals surface area contributed by atoms with Crippen LogP contribution in [0.3, 0.4) is 0 Å². The monoisotopic (exact) mass is 191 g/mol. The quantitative estimate of drug-likeness (QED) is 0.770. The maximum absolute atomic E-state index is 3.62. The van der Waals surface area contributed by atoms with Gasteiger partial charge in [0.15, 0.2) is 0 Å². The van der Waals surface area contributed by atoms with Crippen molar-refractivity contribution < 1.29 is 0 Å². The first-order valence-electron chi connectivity index (χ1n) is 5.35. The van der Waals surface area contributed by atoms with Gasteiger partial charge in [0.2, 0.25) is 0 Å². The van der Waals surface area contributed by atoms with E-state index in [9.17, 15) is 0 Å². The van der Waals surface area contributed by atoms with Crippen LogP contribution in [0.25, 0.3) is 0 Å². The predicted molar refractivity (Wildman–Crippen MR) is 62.4 cm³/mol. The largest absolute Gasteiger partial charge is 0.305 e. The Hall–Kier alpha value is -0.820. The third kappa shape index (κ3) is 3.51. The van der Waals surface area contributed by atoms with Crippen molar-refractivity contribution in [2.75, 3.05) is 0 Å². The maximum Gasteiger partial charge on any atom is 0.0322 e. The van der Waals surface area contributed by atoms with E-state index in [-0.39, 0.29) is 5.54 Å². The summed E-state index contributed by atoms with van der Waals surface area (Å²) in [4.78, 5) is 0. The van der Waals surface area contributed by atoms with Crippen molar-refractivity contribution in [3.05, 3.63) is 35.9 Å². The first-order valence-corrected chi connectivity index (χ1v) is 5.35. The zero-order valence-corrected chi connectivity index (χ0v) is 9.67. The number of hydrogen-bond acceptors (Lipinski definition) is 1. The Morgan fingerprint density at radius 1 is 1.14 bits per heavy atom. The first-order chi connectivity index (χ1) is 6.53. The average molecular weight is 191 g/mol. The molecule has 0 unspecified atom stereocenters. The summed E-state index contributed by atoms with van der Waals surface area (Å²) in [6.07, 6.45) is 1.13. The molecule has 78 valence electrons. The molecular formula is C13H21N. The van der Waals surface area contributed by atoms with Crippen LogP contribution in [0.4, 0.5) is 0 Å². The van der Waals surface area contributed by atoms with Crippen LogP contribution >= 0.6 is 0 Å². The van der Waals surface area contributed by atoms with Gasteiger partial charge in [-0.2, -0.15) is 0 Å². The van der Waals surface area contributed by atoms with E-state index in [0.29, 0.717) is 6.04 Å². The van der Waals surface area contributed by atoms with Crippen LogP contribution in [0.5, 0.6) is 0 Å². The average Bonchev–Trinajstić information content (AvgIpc) is 2.14. The van der Waals surface area contributed by atoms with Crippen molar-refractivity contribution in [2.24, 2.45) is 0 Å². The van der Waals surface area contributed by atoms with Gasteiger partial charge in [-0.05, 0) is 32.8 Å². The second-order valence-electron chi connectivity index (χ2n) is 4.77. The van der Waals surface area contributed by atoms with Gasteiger partial charge in [0.05, 0.1) is 0 Å². The maximum atomic E-state index is 3.62. The van der Waals surface area contributed by atoms with Crippen LogP contribution in [-0.2, 0) is 0 Å². The molecule has 0 aliphatic heterocycles. The highest BCUT2D eigenvalue weighted by Gasteiger charge is 2.16. The van der Waals surface area contributed by atoms with Gasteiger partial charge in [-0.15, -0.1) is 0 Å². The van der Waals surface area contributed by atoms with E-state index < -0.39 is 0 Å². The van der Waals surface area contributed by atoms with Gasteiger partial charge in [0.25, 0.3) is 0 Å². The summed E-state index contributed by atoms with van der Waals surface area (Å²) in [6.45, 7) is 8.84. The van der Waals surface area contributed by atoms with Gasteiger partial charge in [-0.25, -0.2) is 0 Å². The summed E-state index contributed by atoms with van der Waals surface area (Å²) in [7, 11) is 0. The minimum atomic E-state index is 0.177. The molecule has 0 amide bonds. The molecule has 1 atom stereocenters. The molecule has 0 radical (unpaired) electrons. The summed E-state index contributed by atoms with van der Waals surface area (Å²) in [5.41, 5.74) is 1.56. The predicted octanol–water partition coefficient (Wildman–Crippen LogP) is 3.53. The smallest absolute Gasteiger partial charge is 0.0322 e. The fourth-order valence-electron chi connectivity index (χ4n) is 1.63. The van der Waals surface area contributed by atoms with Crippen LogP contribution in [-0.4, -0.2) is 5.54 Å². The van der Waals surface area contributed by atoms with E-state index in [4.69, 9.17) is 0 Å². The van der Waals surface area contributed by atoms with Crippen LogP contribution in [0, 0.1) is 0 Å². The molecule has 0 saturated carbocycles. The molecule has 1 N–H and O–H groups in total. The van der Waals surface area contributed by atoms with Gasteiger partial charge in [-0.1, -0.05) is 37.3 Å². The van der Waals surface area contributed by atoms with E-state index >= 15 is 0 Å². The third-order valence-corrected chi connectivity index (χ3v) is 2.22. The molecule has 0 aromatic heterocycles. The lowest BCUT2D eigenvalue weighted by Crippen LogP contribution is -2.38. The molecule has 0 fully saturated rings. The molecule has 0 saturated heterocycles. The molecular weight excluding hydrogens is 170 g/mol. The number of benzene rings is 1. The minimum Gasteiger partial charge on any atom is -0.305 e. The summed E-state index contributed by atoms with van der Waals surface area (Å²) in [5.74, 6) is 0. The first kappa shape index (κ1) is 11.3. The topological polar surface area (TPSA) is 12.0 Å². The summed E-state index contributed by atoms with van der Waals surface area (Å²) < 4.78 is 0. The Morgan fingerprint density at radius 2 is 1.71 bits per heavy atom. The van der Waals surface area contributed by atoms with Gasteiger partial charge in [0, 0.05) is 11.6 Å².